The van der Waals surface area contributed by atoms with Crippen LogP contribution < -0.4 is 34.5 Å². The van der Waals surface area contributed by atoms with Crippen molar-refractivity contribution in [3.63, 3.8) is 0 Å². The summed E-state index contributed by atoms with van der Waals surface area (Å²) < 4.78 is 6.45. The molecule has 0 spiro atoms. The van der Waals surface area contributed by atoms with Crippen LogP contribution >= 0.6 is 0 Å². The largest absolute Gasteiger partial charge is 1.00 e. The van der Waals surface area contributed by atoms with Gasteiger partial charge in [-0.25, -0.2) is 5.26 Å². The number of aryl methyl sites for hydroxylation is 1. The summed E-state index contributed by atoms with van der Waals surface area (Å²) in [5, 5.41) is 37.4. The van der Waals surface area contributed by atoms with Gasteiger partial charge in [-0.2, -0.15) is 0 Å². The van der Waals surface area contributed by atoms with E-state index in [1.807, 2.05) is 41.9 Å². The molecule has 0 N–H and O–H groups in total. The molecule has 0 bridgehead atoms. The molecular formula is C16H10N5NaO4. The van der Waals surface area contributed by atoms with Gasteiger partial charge in [0.15, 0.2) is 11.4 Å². The monoisotopic (exact) mass is 359 g/mol. The van der Waals surface area contributed by atoms with E-state index < -0.39 is 10.8 Å². The molecule has 0 amide bonds. The number of nitrogens with zero attached hydrogens (tertiary/aromatic N) is 5. The van der Waals surface area contributed by atoms with Crippen molar-refractivity contribution >= 4 is 16.5 Å². The van der Waals surface area contributed by atoms with Gasteiger partial charge in [0, 0.05) is 35.4 Å². The fourth-order valence-corrected chi connectivity index (χ4v) is 3.28. The molecule has 26 heavy (non-hydrogen) atoms. The Bertz CT molecular complexity index is 1090. The van der Waals surface area contributed by atoms with Crippen LogP contribution in [0, 0.1) is 32.7 Å². The van der Waals surface area contributed by atoms with Gasteiger partial charge in [-0.1, -0.05) is 18.2 Å². The summed E-state index contributed by atoms with van der Waals surface area (Å²) in [4.78, 5) is 11.2. The molecule has 9 nitrogen and oxygen atoms in total. The second-order valence-electron chi connectivity index (χ2n) is 5.66. The topological polar surface area (TPSA) is 125 Å². The van der Waals surface area contributed by atoms with Crippen LogP contribution in [0.25, 0.3) is 16.5 Å². The Morgan fingerprint density at radius 3 is 2.88 bits per heavy atom. The number of benzene rings is 1. The Morgan fingerprint density at radius 1 is 1.46 bits per heavy atom. The summed E-state index contributed by atoms with van der Waals surface area (Å²) in [5.41, 5.74) is 1.34. The van der Waals surface area contributed by atoms with Crippen molar-refractivity contribution in [3.8, 4) is 6.07 Å². The first-order chi connectivity index (χ1) is 12.0. The van der Waals surface area contributed by atoms with Gasteiger partial charge in [0.05, 0.1) is 5.92 Å². The minimum Gasteiger partial charge on any atom is -0.359 e. The minimum atomic E-state index is -0.989. The van der Waals surface area contributed by atoms with E-state index in [1.165, 1.54) is 0 Å². The van der Waals surface area contributed by atoms with Crippen molar-refractivity contribution < 1.29 is 44.0 Å². The third-order valence-corrected chi connectivity index (χ3v) is 4.33. The van der Waals surface area contributed by atoms with Crippen LogP contribution in [0.15, 0.2) is 41.2 Å². The number of rotatable bonds is 2. The molecular weight excluding hydrogens is 349 g/mol. The number of allylic oxidation sites excluding steroid dienone is 1. The maximum absolute atomic E-state index is 12.1. The van der Waals surface area contributed by atoms with Gasteiger partial charge in [0.25, 0.3) is 0 Å². The molecule has 124 valence electrons. The van der Waals surface area contributed by atoms with Gasteiger partial charge < -0.3 is 9.77 Å². The van der Waals surface area contributed by atoms with Gasteiger partial charge in [-0.3, -0.25) is 14.7 Å². The molecule has 1 aliphatic carbocycles. The van der Waals surface area contributed by atoms with Crippen LogP contribution in [-0.2, 0) is 7.05 Å². The molecule has 1 atom stereocenters. The Kier molecular flexibility index (Phi) is 4.50. The van der Waals surface area contributed by atoms with E-state index in [-0.39, 0.29) is 57.5 Å². The number of aromatic nitrogens is 3. The summed E-state index contributed by atoms with van der Waals surface area (Å²) >= 11 is 0. The minimum absolute atomic E-state index is 0. The molecule has 1 aromatic carbocycles. The molecule has 1 unspecified atom stereocenters. The second-order valence-corrected chi connectivity index (χ2v) is 5.66. The van der Waals surface area contributed by atoms with Crippen molar-refractivity contribution in [2.45, 2.75) is 5.92 Å². The van der Waals surface area contributed by atoms with Gasteiger partial charge in [0.2, 0.25) is 0 Å². The second kappa shape index (κ2) is 6.49. The molecule has 0 radical (unpaired) electrons. The zero-order valence-electron chi connectivity index (χ0n) is 13.9. The number of para-hydroxylation sites is 1. The Hall–Kier alpha value is -2.80. The molecule has 0 saturated heterocycles. The van der Waals surface area contributed by atoms with E-state index in [0.717, 1.165) is 17.0 Å². The predicted octanol–water partition coefficient (Wildman–Crippen LogP) is -1.34. The maximum atomic E-state index is 12.1. The van der Waals surface area contributed by atoms with Crippen LogP contribution in [0.3, 0.4) is 0 Å². The first-order valence-corrected chi connectivity index (χ1v) is 7.30. The first kappa shape index (κ1) is 18.0. The van der Waals surface area contributed by atoms with Crippen LogP contribution in [-0.4, -0.2) is 14.6 Å². The van der Waals surface area contributed by atoms with Crippen LogP contribution in [0.5, 0.6) is 0 Å². The number of nitro groups is 1. The van der Waals surface area contributed by atoms with Crippen LogP contribution in [0.2, 0.25) is 0 Å². The van der Waals surface area contributed by atoms with E-state index >= 15 is 0 Å². The quantitative estimate of drug-likeness (QED) is 0.183. The van der Waals surface area contributed by atoms with E-state index in [2.05, 4.69) is 9.79 Å². The van der Waals surface area contributed by atoms with Gasteiger partial charge in [-0.15, -0.1) is 6.08 Å². The fraction of sp³-hybridized carbons (Fsp3) is 0.125. The fourth-order valence-electron chi connectivity index (χ4n) is 3.28. The van der Waals surface area contributed by atoms with E-state index in [1.54, 1.807) is 6.20 Å². The number of hydrogen-bond donors (Lipinski definition) is 0. The van der Waals surface area contributed by atoms with Crippen molar-refractivity contribution in [1.82, 2.24) is 9.72 Å². The van der Waals surface area contributed by atoms with E-state index in [4.69, 9.17) is 0 Å². The molecule has 2 aromatic heterocycles. The maximum Gasteiger partial charge on any atom is 1.00 e. The molecule has 2 heterocycles. The smallest absolute Gasteiger partial charge is 0.359 e. The predicted molar refractivity (Wildman–Crippen MR) is 84.1 cm³/mol. The van der Waals surface area contributed by atoms with Crippen molar-refractivity contribution in [1.29, 1.82) is 5.26 Å². The summed E-state index contributed by atoms with van der Waals surface area (Å²) in [6, 6.07) is 8.94. The van der Waals surface area contributed by atoms with Crippen molar-refractivity contribution in [2.75, 3.05) is 0 Å². The summed E-state index contributed by atoms with van der Waals surface area (Å²) in [5.74, 6) is -0.989. The average Bonchev–Trinajstić information content (AvgIpc) is 3.15. The molecule has 10 heteroatoms. The summed E-state index contributed by atoms with van der Waals surface area (Å²) in [7, 11) is 1.82. The van der Waals surface area contributed by atoms with E-state index in [9.17, 15) is 20.6 Å². The zero-order chi connectivity index (χ0) is 17.7. The SMILES string of the molecule is Cn1cc(C2c3c(no[n+]3[O-])C(C#N)=C[C-]2[N+](=O)[O-])c2ccccc21.[Na+]. The Balaban J connectivity index is 0.00000196. The average molecular weight is 359 g/mol. The molecule has 0 fully saturated rings. The van der Waals surface area contributed by atoms with Crippen LogP contribution in [0.4, 0.5) is 0 Å². The third kappa shape index (κ3) is 2.47. The number of hydrogen-bond acceptors (Lipinski definition) is 6. The number of fused-ring (bicyclic) bond motifs is 2. The molecule has 4 rings (SSSR count). The molecule has 1 aliphatic rings. The third-order valence-electron chi connectivity index (χ3n) is 4.33. The standard InChI is InChI=1S/C16H10N5O4.Na/c1-19-8-11(10-4-2-3-5-12(10)19)14-13(20(22)23)6-9(7-17)15-16(14)21(24)25-18-15;/h2-6,8,14H,1H3;/q-1;+1. The van der Waals surface area contributed by atoms with Crippen molar-refractivity contribution in [2.24, 2.45) is 7.05 Å². The zero-order valence-corrected chi connectivity index (χ0v) is 15.9. The Morgan fingerprint density at radius 2 is 2.19 bits per heavy atom. The van der Waals surface area contributed by atoms with Gasteiger partial charge in [-0.05, 0) is 27.0 Å². The van der Waals surface area contributed by atoms with E-state index in [0.29, 0.717) is 5.56 Å². The summed E-state index contributed by atoms with van der Waals surface area (Å²) in [6.45, 7) is 0. The number of nitriles is 1. The van der Waals surface area contributed by atoms with Gasteiger partial charge >= 0.3 is 29.6 Å². The summed E-state index contributed by atoms with van der Waals surface area (Å²) in [6.07, 6.45) is 2.89. The normalized spacial score (nSPS) is 15.8. The van der Waals surface area contributed by atoms with Crippen LogP contribution in [0.1, 0.15) is 22.9 Å². The molecule has 3 aromatic rings. The Labute approximate surface area is 169 Å². The molecule has 0 saturated carbocycles. The van der Waals surface area contributed by atoms with Crippen molar-refractivity contribution in [3.05, 3.63) is 74.9 Å². The molecule has 0 aliphatic heterocycles. The first-order valence-electron chi connectivity index (χ1n) is 7.30. The van der Waals surface area contributed by atoms with Gasteiger partial charge in [0.1, 0.15) is 6.04 Å².